The fourth-order valence-electron chi connectivity index (χ4n) is 4.79. The Labute approximate surface area is 192 Å². The smallest absolute Gasteiger partial charge is 0.124 e. The summed E-state index contributed by atoms with van der Waals surface area (Å²) in [6.45, 7) is 2.94. The summed E-state index contributed by atoms with van der Waals surface area (Å²) in [4.78, 5) is 11.7. The van der Waals surface area contributed by atoms with Crippen molar-refractivity contribution in [3.8, 4) is 28.0 Å². The number of nitrogens with zero attached hydrogens (tertiary/aromatic N) is 3. The third-order valence-corrected chi connectivity index (χ3v) is 7.16. The van der Waals surface area contributed by atoms with Gasteiger partial charge in [-0.3, -0.25) is 4.68 Å². The first-order chi connectivity index (χ1) is 15.5. The molecule has 0 N–H and O–H groups in total. The molecule has 1 aromatic heterocycles. The van der Waals surface area contributed by atoms with E-state index < -0.39 is 0 Å². The van der Waals surface area contributed by atoms with Crippen molar-refractivity contribution >= 4 is 34.8 Å². The van der Waals surface area contributed by atoms with Crippen molar-refractivity contribution in [3.63, 3.8) is 0 Å². The standard InChI is InChI=1S/C26H25N3O2S/c1-16-21(9-10-30)23(17-5-8-25-18(11-17)14-27-28(25)2)13-24-22-7-6-20(31-3)12-19(22)15-29(32-4)26(16)24/h5-8,10-14H,9,15H2,1-4H3. The molecule has 0 saturated heterocycles. The second-order valence-electron chi connectivity index (χ2n) is 8.08. The molecule has 5 rings (SSSR count). The SMILES string of the molecule is COc1ccc2c(c1)CN(SC)c1c-2cc(-c2ccc3c(cnn3C)c2)c(CC=O)c1C. The van der Waals surface area contributed by atoms with Gasteiger partial charge in [0, 0.05) is 30.7 Å². The van der Waals surface area contributed by atoms with Crippen LogP contribution in [0.5, 0.6) is 5.75 Å². The molecule has 5 nitrogen and oxygen atoms in total. The lowest BCUT2D eigenvalue weighted by Crippen LogP contribution is -2.21. The van der Waals surface area contributed by atoms with Gasteiger partial charge in [-0.15, -0.1) is 0 Å². The predicted octanol–water partition coefficient (Wildman–Crippen LogP) is 5.56. The number of carbonyl (C=O) groups excluding carboxylic acids is 1. The maximum atomic E-state index is 11.7. The Kier molecular flexibility index (Phi) is 5.18. The van der Waals surface area contributed by atoms with Gasteiger partial charge in [0.25, 0.3) is 0 Å². The molecule has 0 saturated carbocycles. The van der Waals surface area contributed by atoms with E-state index in [0.29, 0.717) is 6.42 Å². The molecule has 0 fully saturated rings. The largest absolute Gasteiger partial charge is 0.497 e. The first-order valence-electron chi connectivity index (χ1n) is 10.6. The number of aryl methyl sites for hydroxylation is 1. The lowest BCUT2D eigenvalue weighted by Gasteiger charge is -2.34. The molecular weight excluding hydrogens is 418 g/mol. The molecule has 3 aromatic carbocycles. The molecular formula is C26H25N3O2S. The van der Waals surface area contributed by atoms with Gasteiger partial charge >= 0.3 is 0 Å². The molecule has 0 aliphatic carbocycles. The van der Waals surface area contributed by atoms with Crippen LogP contribution in [0.15, 0.2) is 48.7 Å². The minimum absolute atomic E-state index is 0.386. The molecule has 1 aliphatic heterocycles. The van der Waals surface area contributed by atoms with Crippen LogP contribution in [-0.2, 0) is 24.8 Å². The molecule has 6 heteroatoms. The summed E-state index contributed by atoms with van der Waals surface area (Å²) in [6.07, 6.45) is 5.38. The third-order valence-electron chi connectivity index (χ3n) is 6.41. The van der Waals surface area contributed by atoms with Gasteiger partial charge in [-0.05, 0) is 70.6 Å². The van der Waals surface area contributed by atoms with E-state index in [4.69, 9.17) is 4.74 Å². The third kappa shape index (κ3) is 3.17. The average molecular weight is 444 g/mol. The summed E-state index contributed by atoms with van der Waals surface area (Å²) in [5.41, 5.74) is 10.4. The molecule has 0 radical (unpaired) electrons. The average Bonchev–Trinajstić information content (AvgIpc) is 3.19. The number of methoxy groups -OCH3 is 1. The van der Waals surface area contributed by atoms with Crippen molar-refractivity contribution in [1.82, 2.24) is 9.78 Å². The molecule has 0 spiro atoms. The second-order valence-corrected chi connectivity index (χ2v) is 8.88. The quantitative estimate of drug-likeness (QED) is 0.298. The van der Waals surface area contributed by atoms with Gasteiger partial charge in [0.2, 0.25) is 0 Å². The van der Waals surface area contributed by atoms with Crippen molar-refractivity contribution in [2.45, 2.75) is 19.9 Å². The maximum absolute atomic E-state index is 11.7. The first kappa shape index (κ1) is 20.6. The van der Waals surface area contributed by atoms with Gasteiger partial charge in [0.1, 0.15) is 12.0 Å². The van der Waals surface area contributed by atoms with E-state index >= 15 is 0 Å². The van der Waals surface area contributed by atoms with Crippen LogP contribution >= 0.6 is 11.9 Å². The minimum Gasteiger partial charge on any atom is -0.497 e. The van der Waals surface area contributed by atoms with Gasteiger partial charge in [-0.2, -0.15) is 5.10 Å². The molecule has 0 bridgehead atoms. The Morgan fingerprint density at radius 2 is 1.97 bits per heavy atom. The van der Waals surface area contributed by atoms with Crippen molar-refractivity contribution in [2.75, 3.05) is 17.7 Å². The number of benzene rings is 3. The van der Waals surface area contributed by atoms with E-state index in [-0.39, 0.29) is 0 Å². The van der Waals surface area contributed by atoms with Crippen LogP contribution < -0.4 is 9.04 Å². The zero-order valence-corrected chi connectivity index (χ0v) is 19.5. The number of hydrogen-bond donors (Lipinski definition) is 0. The molecule has 2 heterocycles. The number of carbonyl (C=O) groups is 1. The number of anilines is 1. The molecule has 162 valence electrons. The summed E-state index contributed by atoms with van der Waals surface area (Å²) < 4.78 is 9.67. The van der Waals surface area contributed by atoms with E-state index in [2.05, 4.69) is 59.0 Å². The number of ether oxygens (including phenoxy) is 1. The molecule has 4 aromatic rings. The van der Waals surface area contributed by atoms with E-state index in [1.54, 1.807) is 19.1 Å². The summed E-state index contributed by atoms with van der Waals surface area (Å²) in [7, 11) is 3.65. The van der Waals surface area contributed by atoms with Crippen molar-refractivity contribution in [2.24, 2.45) is 7.05 Å². The van der Waals surface area contributed by atoms with Crippen molar-refractivity contribution in [3.05, 3.63) is 65.4 Å². The minimum atomic E-state index is 0.386. The van der Waals surface area contributed by atoms with Gasteiger partial charge in [0.15, 0.2) is 0 Å². The highest BCUT2D eigenvalue weighted by Crippen LogP contribution is 2.48. The molecule has 1 aliphatic rings. The number of aldehydes is 1. The van der Waals surface area contributed by atoms with Gasteiger partial charge in [-0.1, -0.05) is 24.1 Å². The zero-order chi connectivity index (χ0) is 22.4. The van der Waals surface area contributed by atoms with Crippen LogP contribution in [0.1, 0.15) is 16.7 Å². The van der Waals surface area contributed by atoms with Crippen molar-refractivity contribution in [1.29, 1.82) is 0 Å². The maximum Gasteiger partial charge on any atom is 0.124 e. The fraction of sp³-hybridized carbons (Fsp3) is 0.231. The molecule has 0 unspecified atom stereocenters. The highest BCUT2D eigenvalue weighted by molar-refractivity contribution is 7.99. The van der Waals surface area contributed by atoms with E-state index in [0.717, 1.165) is 51.7 Å². The summed E-state index contributed by atoms with van der Waals surface area (Å²) in [5.74, 6) is 0.866. The van der Waals surface area contributed by atoms with E-state index in [1.165, 1.54) is 22.4 Å². The van der Waals surface area contributed by atoms with Crippen LogP contribution in [0, 0.1) is 6.92 Å². The lowest BCUT2D eigenvalue weighted by atomic mass is 9.85. The lowest BCUT2D eigenvalue weighted by molar-refractivity contribution is -0.107. The summed E-state index contributed by atoms with van der Waals surface area (Å²) >= 11 is 1.71. The van der Waals surface area contributed by atoms with Crippen LogP contribution in [0.4, 0.5) is 5.69 Å². The van der Waals surface area contributed by atoms with Gasteiger partial charge in [0.05, 0.1) is 31.1 Å². The Morgan fingerprint density at radius 3 is 2.72 bits per heavy atom. The Hall–Kier alpha value is -3.25. The van der Waals surface area contributed by atoms with Gasteiger partial charge in [-0.25, -0.2) is 0 Å². The molecule has 32 heavy (non-hydrogen) atoms. The summed E-state index contributed by atoms with van der Waals surface area (Å²) in [5, 5.41) is 5.47. The van der Waals surface area contributed by atoms with Crippen molar-refractivity contribution < 1.29 is 9.53 Å². The molecule has 0 amide bonds. The Balaban J connectivity index is 1.79. The van der Waals surface area contributed by atoms with Crippen LogP contribution in [0.2, 0.25) is 0 Å². The predicted molar refractivity (Wildman–Crippen MR) is 132 cm³/mol. The van der Waals surface area contributed by atoms with E-state index in [1.807, 2.05) is 24.0 Å². The monoisotopic (exact) mass is 443 g/mol. The number of hydrogen-bond acceptors (Lipinski definition) is 5. The zero-order valence-electron chi connectivity index (χ0n) is 18.7. The van der Waals surface area contributed by atoms with Gasteiger partial charge < -0.3 is 13.8 Å². The van der Waals surface area contributed by atoms with E-state index in [9.17, 15) is 4.79 Å². The Bertz CT molecular complexity index is 1360. The van der Waals surface area contributed by atoms with Crippen LogP contribution in [0.3, 0.4) is 0 Å². The number of aromatic nitrogens is 2. The highest BCUT2D eigenvalue weighted by atomic mass is 32.2. The topological polar surface area (TPSA) is 47.4 Å². The first-order valence-corrected chi connectivity index (χ1v) is 11.7. The normalized spacial score (nSPS) is 12.6. The fourth-order valence-corrected chi connectivity index (χ4v) is 5.47. The number of fused-ring (bicyclic) bond motifs is 4. The Morgan fingerprint density at radius 1 is 1.12 bits per heavy atom. The number of rotatable bonds is 5. The van der Waals surface area contributed by atoms with Crippen LogP contribution in [-0.4, -0.2) is 29.4 Å². The summed E-state index contributed by atoms with van der Waals surface area (Å²) in [6, 6.07) is 14.9. The molecule has 0 atom stereocenters. The highest BCUT2D eigenvalue weighted by Gasteiger charge is 2.27. The second kappa shape index (κ2) is 8.02. The van der Waals surface area contributed by atoms with Crippen LogP contribution in [0.25, 0.3) is 33.2 Å².